The molecule has 13 rings (SSSR count). The van der Waals surface area contributed by atoms with Gasteiger partial charge in [-0.15, -0.1) is 11.3 Å². The molecule has 2 heterocycles. The lowest BCUT2D eigenvalue weighted by atomic mass is 9.67. The fourth-order valence-electron chi connectivity index (χ4n) is 10.9. The molecule has 0 saturated heterocycles. The van der Waals surface area contributed by atoms with E-state index in [-0.39, 0.29) is 5.41 Å². The molecule has 9 aromatic carbocycles. The van der Waals surface area contributed by atoms with Gasteiger partial charge in [-0.25, -0.2) is 0 Å². The van der Waals surface area contributed by atoms with Crippen LogP contribution in [0.25, 0.3) is 53.2 Å². The lowest BCUT2D eigenvalue weighted by Crippen LogP contribution is -2.32. The molecule has 59 heavy (non-hydrogen) atoms. The highest BCUT2D eigenvalue weighted by atomic mass is 32.2. The molecule has 0 bridgehead atoms. The first-order valence-electron chi connectivity index (χ1n) is 20.5. The van der Waals surface area contributed by atoms with Crippen molar-refractivity contribution < 1.29 is 0 Å². The summed E-state index contributed by atoms with van der Waals surface area (Å²) in [4.78, 5) is 5.19. The molecule has 1 spiro atoms. The van der Waals surface area contributed by atoms with Crippen molar-refractivity contribution >= 4 is 71.1 Å². The van der Waals surface area contributed by atoms with Gasteiger partial charge < -0.3 is 4.90 Å². The number of nitrogens with zero attached hydrogens (tertiary/aromatic N) is 1. The summed E-state index contributed by atoms with van der Waals surface area (Å²) in [6.45, 7) is 4.77. The van der Waals surface area contributed by atoms with Crippen LogP contribution in [0.4, 0.5) is 17.1 Å². The topological polar surface area (TPSA) is 3.24 Å². The highest BCUT2D eigenvalue weighted by molar-refractivity contribution is 7.99. The van der Waals surface area contributed by atoms with Crippen LogP contribution in [0.5, 0.6) is 0 Å². The molecular weight excluding hydrogens is 751 g/mol. The first kappa shape index (κ1) is 33.6. The smallest absolute Gasteiger partial charge is 0.0736 e. The van der Waals surface area contributed by atoms with Crippen molar-refractivity contribution in [2.45, 2.75) is 34.5 Å². The van der Waals surface area contributed by atoms with Crippen molar-refractivity contribution in [3.8, 4) is 22.3 Å². The highest BCUT2D eigenvalue weighted by Crippen LogP contribution is 2.63. The second-order valence-electron chi connectivity index (χ2n) is 16.8. The molecule has 0 atom stereocenters. The van der Waals surface area contributed by atoms with Crippen molar-refractivity contribution in [1.82, 2.24) is 0 Å². The van der Waals surface area contributed by atoms with E-state index in [1.165, 1.54) is 108 Å². The molecule has 0 amide bonds. The molecule has 0 saturated carbocycles. The van der Waals surface area contributed by atoms with Crippen LogP contribution in [0.2, 0.25) is 0 Å². The van der Waals surface area contributed by atoms with Crippen molar-refractivity contribution in [3.05, 3.63) is 221 Å². The second kappa shape index (κ2) is 12.1. The number of fused-ring (bicyclic) bond motifs is 16. The summed E-state index contributed by atoms with van der Waals surface area (Å²) < 4.78 is 2.61. The molecular formula is C56H37NS2. The maximum atomic E-state index is 2.56. The van der Waals surface area contributed by atoms with Crippen LogP contribution < -0.4 is 4.90 Å². The molecule has 278 valence electrons. The maximum Gasteiger partial charge on any atom is 0.0736 e. The Morgan fingerprint density at radius 1 is 0.407 bits per heavy atom. The summed E-state index contributed by atoms with van der Waals surface area (Å²) in [7, 11) is 0. The van der Waals surface area contributed by atoms with Gasteiger partial charge in [0.2, 0.25) is 0 Å². The van der Waals surface area contributed by atoms with Crippen molar-refractivity contribution in [2.24, 2.45) is 0 Å². The Labute approximate surface area is 352 Å². The van der Waals surface area contributed by atoms with Gasteiger partial charge in [0.15, 0.2) is 0 Å². The van der Waals surface area contributed by atoms with E-state index >= 15 is 0 Å². The molecule has 0 N–H and O–H groups in total. The lowest BCUT2D eigenvalue weighted by Gasteiger charge is -2.40. The van der Waals surface area contributed by atoms with Crippen LogP contribution in [0.3, 0.4) is 0 Å². The average Bonchev–Trinajstić information content (AvgIpc) is 3.87. The summed E-state index contributed by atoms with van der Waals surface area (Å²) in [6, 6.07) is 71.3. The van der Waals surface area contributed by atoms with E-state index < -0.39 is 5.41 Å². The van der Waals surface area contributed by atoms with Gasteiger partial charge in [-0.3, -0.25) is 0 Å². The largest absolute Gasteiger partial charge is 0.309 e. The van der Waals surface area contributed by atoms with Gasteiger partial charge in [0.1, 0.15) is 0 Å². The van der Waals surface area contributed by atoms with Crippen LogP contribution in [0, 0.1) is 0 Å². The zero-order valence-corrected chi connectivity index (χ0v) is 34.3. The third-order valence-corrected chi connectivity index (χ3v) is 15.9. The van der Waals surface area contributed by atoms with Crippen LogP contribution in [-0.4, -0.2) is 0 Å². The predicted molar refractivity (Wildman–Crippen MR) is 251 cm³/mol. The van der Waals surface area contributed by atoms with Gasteiger partial charge in [-0.2, -0.15) is 0 Å². The fourth-order valence-corrected chi connectivity index (χ4v) is 13.3. The Morgan fingerprint density at radius 3 is 1.73 bits per heavy atom. The molecule has 2 aliphatic carbocycles. The summed E-state index contributed by atoms with van der Waals surface area (Å²) in [5.41, 5.74) is 16.4. The first-order valence-corrected chi connectivity index (χ1v) is 22.1. The third-order valence-electron chi connectivity index (χ3n) is 13.5. The van der Waals surface area contributed by atoms with Crippen LogP contribution >= 0.6 is 23.1 Å². The normalized spacial score (nSPS) is 14.8. The highest BCUT2D eigenvalue weighted by Gasteiger charge is 2.50. The molecule has 1 nitrogen and oxygen atoms in total. The quantitative estimate of drug-likeness (QED) is 0.175. The summed E-state index contributed by atoms with van der Waals surface area (Å²) in [6.07, 6.45) is 0. The molecule has 0 unspecified atom stereocenters. The van der Waals surface area contributed by atoms with E-state index in [9.17, 15) is 0 Å². The molecule has 1 aromatic heterocycles. The molecule has 3 aliphatic rings. The first-order chi connectivity index (χ1) is 29.0. The SMILES string of the molecule is CC1(C)c2ccccc2-c2ccc(N(c3ccc4c(c3)C3(c5ccccc5Sc5ccccc53)c3cc5ccccc5cc3-4)c3cccc4c3sc3ccccc34)cc21. The van der Waals surface area contributed by atoms with E-state index in [0.717, 1.165) is 5.69 Å². The number of rotatable bonds is 3. The lowest BCUT2D eigenvalue weighted by molar-refractivity contribution is 0.660. The van der Waals surface area contributed by atoms with Gasteiger partial charge in [0.25, 0.3) is 0 Å². The third kappa shape index (κ3) is 4.47. The summed E-state index contributed by atoms with van der Waals surface area (Å²) >= 11 is 3.80. The van der Waals surface area contributed by atoms with E-state index in [1.807, 2.05) is 23.1 Å². The van der Waals surface area contributed by atoms with Gasteiger partial charge in [0.05, 0.1) is 15.8 Å². The zero-order valence-electron chi connectivity index (χ0n) is 32.7. The van der Waals surface area contributed by atoms with Crippen LogP contribution in [-0.2, 0) is 10.8 Å². The molecule has 1 aliphatic heterocycles. The minimum Gasteiger partial charge on any atom is -0.309 e. The van der Waals surface area contributed by atoms with Gasteiger partial charge in [-0.1, -0.05) is 153 Å². The monoisotopic (exact) mass is 787 g/mol. The van der Waals surface area contributed by atoms with Gasteiger partial charge in [-0.05, 0) is 127 Å². The number of hydrogen-bond acceptors (Lipinski definition) is 3. The van der Waals surface area contributed by atoms with E-state index in [2.05, 4.69) is 207 Å². The number of benzene rings is 9. The zero-order chi connectivity index (χ0) is 39.0. The summed E-state index contributed by atoms with van der Waals surface area (Å²) in [5, 5.41) is 5.14. The Bertz CT molecular complexity index is 3380. The molecule has 0 radical (unpaired) electrons. The minimum absolute atomic E-state index is 0.129. The van der Waals surface area contributed by atoms with Crippen molar-refractivity contribution in [3.63, 3.8) is 0 Å². The number of anilines is 3. The number of hydrogen-bond donors (Lipinski definition) is 0. The Morgan fingerprint density at radius 2 is 0.966 bits per heavy atom. The standard InChI is InChI=1S/C56H37NS2/c1-55(2)44-19-7-5-16-38(44)39-28-26-36(32-47(39)55)57(50-22-13-18-42-41-17-6-10-23-51(41)59-54(42)50)37-27-29-40-43-30-34-14-3-4-15-35(34)31-48(43)56(49(40)33-37)45-20-8-11-24-52(45)58-53-25-12-9-21-46(53)56/h3-33H,1-2H3. The molecule has 10 aromatic rings. The Kier molecular flexibility index (Phi) is 6.87. The van der Waals surface area contributed by atoms with E-state index in [0.29, 0.717) is 0 Å². The van der Waals surface area contributed by atoms with Gasteiger partial charge >= 0.3 is 0 Å². The van der Waals surface area contributed by atoms with Gasteiger partial charge in [0, 0.05) is 42.1 Å². The average molecular weight is 788 g/mol. The molecule has 3 heteroatoms. The Balaban J connectivity index is 1.13. The van der Waals surface area contributed by atoms with Crippen molar-refractivity contribution in [2.75, 3.05) is 4.90 Å². The molecule has 0 fully saturated rings. The van der Waals surface area contributed by atoms with E-state index in [4.69, 9.17) is 0 Å². The maximum absolute atomic E-state index is 2.56. The Hall–Kier alpha value is -6.39. The summed E-state index contributed by atoms with van der Waals surface area (Å²) in [5.74, 6) is 0. The van der Waals surface area contributed by atoms with Crippen LogP contribution in [0.1, 0.15) is 47.2 Å². The second-order valence-corrected chi connectivity index (χ2v) is 18.9. The predicted octanol–water partition coefficient (Wildman–Crippen LogP) is 15.8. The number of thiophene rings is 1. The minimum atomic E-state index is -0.500. The van der Waals surface area contributed by atoms with E-state index in [1.54, 1.807) is 0 Å². The van der Waals surface area contributed by atoms with Crippen molar-refractivity contribution in [1.29, 1.82) is 0 Å². The fraction of sp³-hybridized carbons (Fsp3) is 0.0714. The van der Waals surface area contributed by atoms with Crippen LogP contribution in [0.15, 0.2) is 198 Å².